The number of carbonyl (C=O) groups is 4. The molecule has 0 radical (unpaired) electrons. The van der Waals surface area contributed by atoms with Crippen molar-refractivity contribution in [1.82, 2.24) is 39.9 Å². The molecular weight excluding hydrogens is 1630 g/mol. The minimum atomic E-state index is -0.135. The van der Waals surface area contributed by atoms with Crippen LogP contribution in [0.15, 0.2) is 377 Å². The molecule has 0 atom stereocenters. The number of aryl methyl sites for hydroxylation is 2. The van der Waals surface area contributed by atoms with E-state index in [0.29, 0.717) is 91.0 Å². The third-order valence-corrected chi connectivity index (χ3v) is 21.6. The number of aliphatic hydroxyl groups is 4. The van der Waals surface area contributed by atoms with E-state index in [2.05, 4.69) is 59.4 Å². The Morgan fingerprint density at radius 1 is 0.229 bits per heavy atom. The van der Waals surface area contributed by atoms with Crippen LogP contribution in [-0.4, -0.2) is 83.9 Å². The monoisotopic (exact) mass is 1730 g/mol. The lowest BCUT2D eigenvalue weighted by atomic mass is 10.0. The van der Waals surface area contributed by atoms with E-state index in [1.807, 2.05) is 334 Å². The molecule has 0 aliphatic heterocycles. The first-order chi connectivity index (χ1) is 64.3. The van der Waals surface area contributed by atoms with E-state index in [4.69, 9.17) is 19.9 Å². The molecule has 0 unspecified atom stereocenters. The second-order valence-corrected chi connectivity index (χ2v) is 31.3. The summed E-state index contributed by atoms with van der Waals surface area (Å²) in [5, 5.41) is 51.2. The molecule has 131 heavy (non-hydrogen) atoms. The van der Waals surface area contributed by atoms with Gasteiger partial charge < -0.3 is 41.7 Å². The third kappa shape index (κ3) is 27.8. The molecule has 0 spiro atoms. The number of fused-ring (bicyclic) bond motifs is 1. The quantitative estimate of drug-likeness (QED) is 0.0200. The summed E-state index contributed by atoms with van der Waals surface area (Å²) in [6.07, 6.45) is 12.5. The van der Waals surface area contributed by atoms with E-state index in [0.717, 1.165) is 130 Å². The van der Waals surface area contributed by atoms with Gasteiger partial charge in [-0.2, -0.15) is 0 Å². The molecule has 0 aliphatic carbocycles. The van der Waals surface area contributed by atoms with Crippen molar-refractivity contribution in [2.75, 3.05) is 21.3 Å². The zero-order valence-corrected chi connectivity index (χ0v) is 72.4. The molecule has 0 saturated heterocycles. The number of nitrogens with zero attached hydrogens (tertiary/aromatic N) is 8. The Balaban J connectivity index is 0.000000141. The van der Waals surface area contributed by atoms with E-state index in [-0.39, 0.29) is 62.9 Å². The number of anilines is 4. The second kappa shape index (κ2) is 47.6. The topological polar surface area (TPSA) is 300 Å². The molecule has 0 aliphatic rings. The fourth-order valence-corrected chi connectivity index (χ4v) is 14.5. The highest BCUT2D eigenvalue weighted by Crippen LogP contribution is 2.30. The third-order valence-electron chi connectivity index (χ3n) is 21.6. The number of nitrogens with one attached hydrogen (secondary N) is 4. The van der Waals surface area contributed by atoms with Crippen LogP contribution in [0.1, 0.15) is 109 Å². The van der Waals surface area contributed by atoms with Gasteiger partial charge in [0.05, 0.1) is 110 Å². The maximum absolute atomic E-state index is 12.9. The standard InChI is InChI=1S/C30H25N3O2.C28H27N3O2.C27H25N3O2.C26H23N3O2/c34-20-22-10-14-25(15-11-22)28-19-31-30(27(32-28)17-21-6-2-1-3-7-21)33-29(35)18-23-12-13-24-8-4-5-9-26(24)16-23;32-20-23-14-16-24(17-15-23)26-19-29-28(25(30-26)18-22-10-5-2-6-11-22)31-27(33)13-7-12-21-8-3-1-4-9-21;31-19-22-11-14-23(15-12-22)25-18-28-27(24(29-25)17-21-9-5-2-6-10-21)30-26(32)16-13-20-7-3-1-4-8-20;30-18-21-11-13-22(14-12-21)24-17-27-26(23(28-24)15-19-7-3-1-4-8-19)29-25(31)16-20-9-5-2-6-10-20/h1-16,19,34H,17-18,20H2,(H,31,33,35);1-6,8-11,14-17,19,32H,7,12-13,18,20H2,(H,29,31,33);1-12,14-15,18,31H,13,16-17,19H2,(H,28,30,32);1-14,17,30H,15-16,18H2,(H,27,29,31). The average Bonchev–Trinajstić information content (AvgIpc) is 0.737. The number of benzene rings is 13. The van der Waals surface area contributed by atoms with Crippen molar-refractivity contribution in [3.63, 3.8) is 0 Å². The summed E-state index contributed by atoms with van der Waals surface area (Å²) in [6, 6.07) is 114. The van der Waals surface area contributed by atoms with Crippen molar-refractivity contribution in [3.05, 3.63) is 466 Å². The molecule has 0 bridgehead atoms. The summed E-state index contributed by atoms with van der Waals surface area (Å²) in [5.74, 6) is 1.52. The zero-order valence-electron chi connectivity index (χ0n) is 72.4. The summed E-state index contributed by atoms with van der Waals surface area (Å²) < 4.78 is 0. The second-order valence-electron chi connectivity index (χ2n) is 31.3. The smallest absolute Gasteiger partial charge is 0.229 e. The minimum absolute atomic E-state index is 0.000454. The summed E-state index contributed by atoms with van der Waals surface area (Å²) >= 11 is 0. The van der Waals surface area contributed by atoms with Gasteiger partial charge in [-0.05, 0) is 96.8 Å². The fraction of sp³-hybridized carbons (Fsp3) is 0.135. The summed E-state index contributed by atoms with van der Waals surface area (Å²) in [5.41, 5.74) is 21.3. The predicted octanol–water partition coefficient (Wildman–Crippen LogP) is 20.0. The predicted molar refractivity (Wildman–Crippen MR) is 517 cm³/mol. The maximum atomic E-state index is 12.9. The molecule has 20 nitrogen and oxygen atoms in total. The first-order valence-electron chi connectivity index (χ1n) is 43.5. The Labute approximate surface area is 762 Å². The van der Waals surface area contributed by atoms with Crippen molar-refractivity contribution >= 4 is 57.7 Å². The van der Waals surface area contributed by atoms with Gasteiger partial charge in [-0.25, -0.2) is 39.9 Å². The molecule has 17 aromatic rings. The van der Waals surface area contributed by atoms with Gasteiger partial charge in [-0.3, -0.25) is 19.2 Å². The first-order valence-corrected chi connectivity index (χ1v) is 43.5. The molecule has 8 N–H and O–H groups in total. The number of hydrogen-bond acceptors (Lipinski definition) is 16. The SMILES string of the molecule is O=C(CCCc1ccccc1)Nc1ncc(-c2ccc(CO)cc2)nc1Cc1ccccc1.O=C(CCc1ccccc1)Nc1ncc(-c2ccc(CO)cc2)nc1Cc1ccccc1.O=C(Cc1ccc2ccccc2c1)Nc1ncc(-c2ccc(CO)cc2)nc1Cc1ccccc1.O=C(Cc1ccccc1)Nc1ncc(-c2ccc(CO)cc2)nc1Cc1ccccc1. The van der Waals surface area contributed by atoms with Gasteiger partial charge in [0.25, 0.3) is 0 Å². The Morgan fingerprint density at radius 2 is 0.481 bits per heavy atom. The number of hydrogen-bond donors (Lipinski definition) is 8. The Bertz CT molecular complexity index is 6540. The molecule has 4 amide bonds. The van der Waals surface area contributed by atoms with Crippen LogP contribution in [0.2, 0.25) is 0 Å². The number of aromatic nitrogens is 8. The molecular formula is C111H100N12O8. The van der Waals surface area contributed by atoms with Crippen LogP contribution in [0.4, 0.5) is 23.3 Å². The van der Waals surface area contributed by atoms with Crippen LogP contribution in [0, 0.1) is 0 Å². The highest BCUT2D eigenvalue weighted by Gasteiger charge is 2.20. The fourth-order valence-electron chi connectivity index (χ4n) is 14.5. The minimum Gasteiger partial charge on any atom is -0.392 e. The van der Waals surface area contributed by atoms with Crippen LogP contribution in [0.25, 0.3) is 55.8 Å². The molecule has 17 rings (SSSR count). The average molecular weight is 1730 g/mol. The summed E-state index contributed by atoms with van der Waals surface area (Å²) in [6.45, 7) is -0.00931. The lowest BCUT2D eigenvalue weighted by Crippen LogP contribution is -2.17. The lowest BCUT2D eigenvalue weighted by Gasteiger charge is -2.12. The van der Waals surface area contributed by atoms with Crippen LogP contribution in [0.3, 0.4) is 0 Å². The molecule has 652 valence electrons. The van der Waals surface area contributed by atoms with Gasteiger partial charge >= 0.3 is 0 Å². The van der Waals surface area contributed by atoms with Crippen molar-refractivity contribution in [2.45, 2.75) is 97.1 Å². The number of rotatable bonds is 31. The van der Waals surface area contributed by atoms with Gasteiger partial charge in [-0.1, -0.05) is 352 Å². The lowest BCUT2D eigenvalue weighted by molar-refractivity contribution is -0.117. The molecule has 4 heterocycles. The van der Waals surface area contributed by atoms with Gasteiger partial charge in [-0.15, -0.1) is 0 Å². The summed E-state index contributed by atoms with van der Waals surface area (Å²) in [4.78, 5) is 88.3. The molecule has 20 heteroatoms. The molecule has 0 saturated carbocycles. The number of amides is 4. The number of carbonyl (C=O) groups excluding carboxylic acids is 4. The summed E-state index contributed by atoms with van der Waals surface area (Å²) in [7, 11) is 0. The van der Waals surface area contributed by atoms with Gasteiger partial charge in [0.15, 0.2) is 23.3 Å². The molecule has 13 aromatic carbocycles. The maximum Gasteiger partial charge on any atom is 0.229 e. The van der Waals surface area contributed by atoms with Crippen LogP contribution < -0.4 is 21.3 Å². The molecule has 4 aromatic heterocycles. The number of aliphatic hydroxyl groups excluding tert-OH is 4. The van der Waals surface area contributed by atoms with Crippen molar-refractivity contribution in [3.8, 4) is 45.0 Å². The van der Waals surface area contributed by atoms with Crippen LogP contribution in [-0.2, 0) is 97.0 Å². The Kier molecular flexibility index (Phi) is 33.2. The van der Waals surface area contributed by atoms with Crippen molar-refractivity contribution < 1.29 is 39.6 Å². The Hall–Kier alpha value is -15.8. The van der Waals surface area contributed by atoms with E-state index < -0.39 is 0 Å². The Morgan fingerprint density at radius 3 is 0.794 bits per heavy atom. The van der Waals surface area contributed by atoms with Gasteiger partial charge in [0.2, 0.25) is 23.6 Å². The first kappa shape index (κ1) is 91.4. The van der Waals surface area contributed by atoms with Crippen LogP contribution >= 0.6 is 0 Å². The van der Waals surface area contributed by atoms with Gasteiger partial charge in [0.1, 0.15) is 0 Å². The van der Waals surface area contributed by atoms with Crippen molar-refractivity contribution in [1.29, 1.82) is 0 Å². The van der Waals surface area contributed by atoms with Gasteiger partial charge in [0, 0.05) is 60.8 Å². The normalized spacial score (nSPS) is 10.7. The largest absolute Gasteiger partial charge is 0.392 e. The van der Waals surface area contributed by atoms with E-state index in [1.165, 1.54) is 5.56 Å². The van der Waals surface area contributed by atoms with Crippen molar-refractivity contribution in [2.24, 2.45) is 0 Å². The van der Waals surface area contributed by atoms with E-state index >= 15 is 0 Å². The van der Waals surface area contributed by atoms with E-state index in [9.17, 15) is 39.6 Å². The highest BCUT2D eigenvalue weighted by atomic mass is 16.3. The molecule has 0 fully saturated rings. The van der Waals surface area contributed by atoms with E-state index in [1.54, 1.807) is 24.8 Å². The van der Waals surface area contributed by atoms with Crippen LogP contribution in [0.5, 0.6) is 0 Å². The highest BCUT2D eigenvalue weighted by molar-refractivity contribution is 5.94. The zero-order chi connectivity index (χ0) is 90.6.